The molecule has 3 heterocycles. The third-order valence-corrected chi connectivity index (χ3v) is 8.47. The van der Waals surface area contributed by atoms with E-state index in [1.54, 1.807) is 6.07 Å². The van der Waals surface area contributed by atoms with Gasteiger partial charge in [0.2, 0.25) is 10.0 Å². The number of aryl methyl sites for hydroxylation is 1. The van der Waals surface area contributed by atoms with Crippen molar-refractivity contribution in [2.75, 3.05) is 5.75 Å². The van der Waals surface area contributed by atoms with Gasteiger partial charge in [-0.15, -0.1) is 11.3 Å². The quantitative estimate of drug-likeness (QED) is 0.245. The van der Waals surface area contributed by atoms with E-state index in [4.69, 9.17) is 23.2 Å². The van der Waals surface area contributed by atoms with Crippen LogP contribution in [-0.4, -0.2) is 34.6 Å². The maximum atomic E-state index is 12.6. The maximum Gasteiger partial charge on any atom is 1.00 e. The van der Waals surface area contributed by atoms with Crippen LogP contribution in [0.2, 0.25) is 9.36 Å². The van der Waals surface area contributed by atoms with Gasteiger partial charge in [0.15, 0.2) is 5.65 Å². The van der Waals surface area contributed by atoms with E-state index in [1.165, 1.54) is 17.4 Å². The molecule has 0 aliphatic rings. The fraction of sp³-hybridized carbons (Fsp3) is 0.292. The molecule has 0 bridgehead atoms. The Morgan fingerprint density at radius 1 is 1.11 bits per heavy atom. The Morgan fingerprint density at radius 2 is 1.89 bits per heavy atom. The van der Waals surface area contributed by atoms with E-state index in [9.17, 15) is 13.2 Å². The summed E-state index contributed by atoms with van der Waals surface area (Å²) in [4.78, 5) is 22.6. The molecule has 1 aromatic carbocycles. The number of carbonyl (C=O) groups excluding carboxylic acids is 1. The van der Waals surface area contributed by atoms with Crippen molar-refractivity contribution in [2.24, 2.45) is 0 Å². The first-order valence-corrected chi connectivity index (χ1v) is 14.3. The monoisotopic (exact) mass is 574 g/mol. The number of fused-ring (bicyclic) bond motifs is 1. The van der Waals surface area contributed by atoms with Crippen LogP contribution in [0.1, 0.15) is 49.5 Å². The average molecular weight is 576 g/mol. The predicted octanol–water partition coefficient (Wildman–Crippen LogP) is 3.19. The summed E-state index contributed by atoms with van der Waals surface area (Å²) in [6, 6.07) is 12.7. The molecular weight excluding hydrogens is 550 g/mol. The molecule has 4 aromatic rings. The molecule has 0 atom stereocenters. The van der Waals surface area contributed by atoms with Gasteiger partial charge in [0.05, 0.1) is 16.6 Å². The van der Waals surface area contributed by atoms with Crippen LogP contribution in [0, 0.1) is 6.92 Å². The van der Waals surface area contributed by atoms with Gasteiger partial charge in [-0.25, -0.2) is 23.1 Å². The number of benzene rings is 1. The minimum atomic E-state index is -3.73. The first-order valence-electron chi connectivity index (χ1n) is 11.1. The Hall–Kier alpha value is -1.46. The first-order chi connectivity index (χ1) is 16.7. The summed E-state index contributed by atoms with van der Waals surface area (Å²) in [6.07, 6.45) is 2.17. The molecule has 0 unspecified atom stereocenters. The smallest absolute Gasteiger partial charge is 1.00 e. The number of hydrogen-bond donors (Lipinski definition) is 1. The molecule has 0 saturated heterocycles. The summed E-state index contributed by atoms with van der Waals surface area (Å²) >= 11 is 14.1. The second-order valence-electron chi connectivity index (χ2n) is 8.15. The minimum Gasteiger partial charge on any atom is -1.00 e. The fourth-order valence-corrected chi connectivity index (χ4v) is 6.04. The van der Waals surface area contributed by atoms with Crippen molar-refractivity contribution >= 4 is 61.6 Å². The van der Waals surface area contributed by atoms with Crippen LogP contribution in [0.4, 0.5) is 0 Å². The summed E-state index contributed by atoms with van der Waals surface area (Å²) in [5.74, 6) is -0.161. The first kappa shape index (κ1) is 29.1. The van der Waals surface area contributed by atoms with Gasteiger partial charge in [0.25, 0.3) is 5.91 Å². The molecule has 0 fully saturated rings. The van der Waals surface area contributed by atoms with Gasteiger partial charge >= 0.3 is 29.6 Å². The number of thiophene rings is 1. The number of carbonyl (C=O) groups is 1. The number of halogens is 2. The Kier molecular flexibility index (Phi) is 10.0. The van der Waals surface area contributed by atoms with E-state index < -0.39 is 15.9 Å². The van der Waals surface area contributed by atoms with Crippen molar-refractivity contribution in [3.63, 3.8) is 0 Å². The molecule has 3 aromatic heterocycles. The number of hydrogen-bond acceptors (Lipinski definition) is 6. The van der Waals surface area contributed by atoms with E-state index in [1.807, 2.05) is 48.7 Å². The molecule has 1 amide bonds. The second kappa shape index (κ2) is 12.4. The number of pyridine rings is 1. The fourth-order valence-electron chi connectivity index (χ4n) is 3.69. The van der Waals surface area contributed by atoms with Crippen molar-refractivity contribution in [1.82, 2.24) is 19.3 Å². The van der Waals surface area contributed by atoms with Crippen LogP contribution in [0.15, 0.2) is 42.5 Å². The molecule has 186 valence electrons. The van der Waals surface area contributed by atoms with Crippen LogP contribution in [0.5, 0.6) is 0 Å². The molecule has 0 aliphatic carbocycles. The summed E-state index contributed by atoms with van der Waals surface area (Å²) in [5.41, 5.74) is 2.92. The zero-order valence-corrected chi connectivity index (χ0v) is 25.4. The number of nitrogens with zero attached hydrogens (tertiary/aromatic N) is 3. The number of sulfonamides is 1. The second-order valence-corrected chi connectivity index (χ2v) is 12.1. The van der Waals surface area contributed by atoms with Crippen LogP contribution in [0.3, 0.4) is 0 Å². The molecule has 1 N–H and O–H groups in total. The van der Waals surface area contributed by atoms with Gasteiger partial charge in [-0.1, -0.05) is 55.1 Å². The zero-order valence-electron chi connectivity index (χ0n) is 21.2. The van der Waals surface area contributed by atoms with Crippen LogP contribution in [0.25, 0.3) is 21.6 Å². The maximum absolute atomic E-state index is 12.6. The number of unbranched alkanes of at least 4 members (excludes halogenated alkanes) is 2. The minimum absolute atomic E-state index is 0. The standard InChI is InChI=1S/C24H24Cl2N4O3S2.Na.H/c1-3-4-5-12-35(32,33)29-24(31)20-9-8-19-23(28-20)30(15(2)27-19)14-17-7-6-16(13-18(17)25)21-10-11-22(26)34-21;;/h6-11,13H,3-5,12,14H2,1-2H3,(H,29,31);;/q;+1;-1. The SMILES string of the molecule is CCCCCS(=O)(=O)NC(=O)c1ccc2nc(C)n(Cc3ccc(-c4ccc(Cl)s4)cc3Cl)c2n1.[H-].[Na+]. The van der Waals surface area contributed by atoms with Gasteiger partial charge in [0.1, 0.15) is 17.0 Å². The molecule has 0 radical (unpaired) electrons. The molecule has 0 aliphatic heterocycles. The summed E-state index contributed by atoms with van der Waals surface area (Å²) in [7, 11) is -3.73. The van der Waals surface area contributed by atoms with E-state index >= 15 is 0 Å². The molecule has 12 heteroatoms. The van der Waals surface area contributed by atoms with Gasteiger partial charge in [-0.3, -0.25) is 4.79 Å². The van der Waals surface area contributed by atoms with E-state index in [0.717, 1.165) is 28.8 Å². The van der Waals surface area contributed by atoms with E-state index in [-0.39, 0.29) is 42.4 Å². The predicted molar refractivity (Wildman–Crippen MR) is 143 cm³/mol. The summed E-state index contributed by atoms with van der Waals surface area (Å²) in [6.45, 7) is 4.21. The van der Waals surface area contributed by atoms with Gasteiger partial charge in [-0.2, -0.15) is 0 Å². The number of rotatable bonds is 9. The van der Waals surface area contributed by atoms with Crippen molar-refractivity contribution in [1.29, 1.82) is 0 Å². The number of imidazole rings is 1. The number of nitrogens with one attached hydrogen (secondary N) is 1. The van der Waals surface area contributed by atoms with Crippen LogP contribution in [-0.2, 0) is 16.6 Å². The van der Waals surface area contributed by atoms with Crippen molar-refractivity contribution < 1.29 is 44.2 Å². The van der Waals surface area contributed by atoms with Crippen molar-refractivity contribution in [3.05, 3.63) is 68.9 Å². The van der Waals surface area contributed by atoms with Crippen molar-refractivity contribution in [2.45, 2.75) is 39.7 Å². The topological polar surface area (TPSA) is 94.0 Å². The Morgan fingerprint density at radius 3 is 2.56 bits per heavy atom. The Balaban J connectivity index is 0.00000241. The normalized spacial score (nSPS) is 11.4. The van der Waals surface area contributed by atoms with Gasteiger partial charge in [0, 0.05) is 9.90 Å². The summed E-state index contributed by atoms with van der Waals surface area (Å²) in [5, 5.41) is 0.584. The van der Waals surface area contributed by atoms with Crippen molar-refractivity contribution in [3.8, 4) is 10.4 Å². The third-order valence-electron chi connectivity index (χ3n) is 5.52. The molecule has 7 nitrogen and oxygen atoms in total. The molecule has 0 saturated carbocycles. The average Bonchev–Trinajstić information content (AvgIpc) is 3.37. The molecule has 36 heavy (non-hydrogen) atoms. The molecule has 4 rings (SSSR count). The van der Waals surface area contributed by atoms with Crippen LogP contribution < -0.4 is 34.3 Å². The Bertz CT molecular complexity index is 1510. The number of amides is 1. The van der Waals surface area contributed by atoms with Gasteiger partial charge < -0.3 is 5.99 Å². The van der Waals surface area contributed by atoms with E-state index in [2.05, 4.69) is 14.7 Å². The molecule has 0 spiro atoms. The zero-order chi connectivity index (χ0) is 25.2. The Labute approximate surface area is 248 Å². The number of aromatic nitrogens is 3. The van der Waals surface area contributed by atoms with Crippen LogP contribution >= 0.6 is 34.5 Å². The largest absolute Gasteiger partial charge is 1.00 e. The third kappa shape index (κ3) is 6.89. The summed E-state index contributed by atoms with van der Waals surface area (Å²) < 4.78 is 29.1. The van der Waals surface area contributed by atoms with E-state index in [0.29, 0.717) is 39.3 Å². The van der Waals surface area contributed by atoms with Gasteiger partial charge in [-0.05, 0) is 54.8 Å². The molecular formula is C24H25Cl2N4NaO3S2.